The molecule has 0 spiro atoms. The van der Waals surface area contributed by atoms with Crippen LogP contribution < -0.4 is 5.32 Å². The maximum Gasteiger partial charge on any atom is 0.302 e. The Labute approximate surface area is 144 Å². The van der Waals surface area contributed by atoms with Crippen LogP contribution in [0, 0.1) is 11.8 Å². The van der Waals surface area contributed by atoms with Crippen LogP contribution in [0.25, 0.3) is 0 Å². The summed E-state index contributed by atoms with van der Waals surface area (Å²) < 4.78 is 17.5. The van der Waals surface area contributed by atoms with E-state index in [0.29, 0.717) is 0 Å². The lowest BCUT2D eigenvalue weighted by Gasteiger charge is -2.45. The third kappa shape index (κ3) is 5.18. The standard InChI is InChI=1S/C18H31NO5/c1-11-12(2)17(19-13(3)20)18(23-15-8-6-5-7-9-15)24-16(11)10-22-14(4)21/h11-12,15-18H,5-10H2,1-4H3,(H,19,20)/t11-,12-,16?,17?,18+/m0/s1. The molecule has 0 aromatic carbocycles. The van der Waals surface area contributed by atoms with E-state index in [1.54, 1.807) is 0 Å². The molecule has 0 bridgehead atoms. The van der Waals surface area contributed by atoms with Gasteiger partial charge in [0.15, 0.2) is 6.29 Å². The van der Waals surface area contributed by atoms with E-state index in [1.165, 1.54) is 33.1 Å². The first-order valence-corrected chi connectivity index (χ1v) is 9.10. The van der Waals surface area contributed by atoms with Gasteiger partial charge < -0.3 is 19.5 Å². The molecule has 1 aliphatic carbocycles. The van der Waals surface area contributed by atoms with Crippen molar-refractivity contribution in [3.8, 4) is 0 Å². The van der Waals surface area contributed by atoms with Gasteiger partial charge in [-0.15, -0.1) is 0 Å². The third-order valence-electron chi connectivity index (χ3n) is 5.28. The molecule has 2 fully saturated rings. The number of carbonyl (C=O) groups excluding carboxylic acids is 2. The number of hydrogen-bond acceptors (Lipinski definition) is 5. The van der Waals surface area contributed by atoms with Crippen molar-refractivity contribution in [1.82, 2.24) is 5.32 Å². The molecule has 1 N–H and O–H groups in total. The molecule has 6 heteroatoms. The minimum absolute atomic E-state index is 0.0849. The lowest BCUT2D eigenvalue weighted by Crippen LogP contribution is -2.59. The van der Waals surface area contributed by atoms with Crippen molar-refractivity contribution in [2.45, 2.75) is 84.3 Å². The van der Waals surface area contributed by atoms with E-state index < -0.39 is 6.29 Å². The average Bonchev–Trinajstić information content (AvgIpc) is 2.53. The second kappa shape index (κ2) is 8.81. The van der Waals surface area contributed by atoms with E-state index in [4.69, 9.17) is 14.2 Å². The molecule has 0 radical (unpaired) electrons. The molecule has 1 heterocycles. The summed E-state index contributed by atoms with van der Waals surface area (Å²) in [5.41, 5.74) is 0. The molecule has 24 heavy (non-hydrogen) atoms. The Kier molecular flexibility index (Phi) is 7.04. The highest BCUT2D eigenvalue weighted by molar-refractivity contribution is 5.73. The van der Waals surface area contributed by atoms with Crippen molar-refractivity contribution in [3.63, 3.8) is 0 Å². The van der Waals surface area contributed by atoms with Gasteiger partial charge in [0.25, 0.3) is 0 Å². The number of amides is 1. The summed E-state index contributed by atoms with van der Waals surface area (Å²) in [6, 6.07) is -0.187. The molecule has 2 unspecified atom stereocenters. The van der Waals surface area contributed by atoms with E-state index in [9.17, 15) is 9.59 Å². The molecule has 2 rings (SSSR count). The van der Waals surface area contributed by atoms with Gasteiger partial charge in [-0.25, -0.2) is 0 Å². The summed E-state index contributed by atoms with van der Waals surface area (Å²) >= 11 is 0. The monoisotopic (exact) mass is 341 g/mol. The normalized spacial score (nSPS) is 34.6. The Morgan fingerprint density at radius 3 is 2.33 bits per heavy atom. The fourth-order valence-electron chi connectivity index (χ4n) is 3.63. The average molecular weight is 341 g/mol. The highest BCUT2D eigenvalue weighted by Gasteiger charge is 2.43. The molecule has 1 saturated heterocycles. The summed E-state index contributed by atoms with van der Waals surface area (Å²) in [7, 11) is 0. The molecule has 138 valence electrons. The number of esters is 1. The van der Waals surface area contributed by atoms with E-state index in [-0.39, 0.29) is 48.6 Å². The maximum atomic E-state index is 11.6. The lowest BCUT2D eigenvalue weighted by atomic mass is 9.82. The third-order valence-corrected chi connectivity index (χ3v) is 5.28. The second-order valence-corrected chi connectivity index (χ2v) is 7.19. The molecular weight excluding hydrogens is 310 g/mol. The Bertz CT molecular complexity index is 433. The fourth-order valence-corrected chi connectivity index (χ4v) is 3.63. The van der Waals surface area contributed by atoms with Gasteiger partial charge in [0, 0.05) is 13.8 Å². The number of nitrogens with one attached hydrogen (secondary N) is 1. The van der Waals surface area contributed by atoms with E-state index in [2.05, 4.69) is 19.2 Å². The lowest BCUT2D eigenvalue weighted by molar-refractivity contribution is -0.261. The van der Waals surface area contributed by atoms with Gasteiger partial charge >= 0.3 is 5.97 Å². The summed E-state index contributed by atoms with van der Waals surface area (Å²) in [4.78, 5) is 22.7. The maximum absolute atomic E-state index is 11.6. The molecule has 0 aromatic rings. The molecule has 1 amide bonds. The summed E-state index contributed by atoms with van der Waals surface area (Å²) in [5, 5.41) is 2.99. The van der Waals surface area contributed by atoms with Crippen LogP contribution in [-0.4, -0.2) is 43.0 Å². The highest BCUT2D eigenvalue weighted by atomic mass is 16.7. The number of hydrogen-bond donors (Lipinski definition) is 1. The van der Waals surface area contributed by atoms with Crippen LogP contribution in [0.2, 0.25) is 0 Å². The van der Waals surface area contributed by atoms with Gasteiger partial charge in [0.1, 0.15) is 6.61 Å². The van der Waals surface area contributed by atoms with Crippen molar-refractivity contribution < 1.29 is 23.8 Å². The minimum Gasteiger partial charge on any atom is -0.463 e. The largest absolute Gasteiger partial charge is 0.463 e. The Morgan fingerprint density at radius 1 is 1.08 bits per heavy atom. The van der Waals surface area contributed by atoms with E-state index in [1.807, 2.05) is 0 Å². The van der Waals surface area contributed by atoms with Crippen LogP contribution in [-0.2, 0) is 23.8 Å². The van der Waals surface area contributed by atoms with Crippen LogP contribution in [0.4, 0.5) is 0 Å². The van der Waals surface area contributed by atoms with Crippen molar-refractivity contribution in [2.75, 3.05) is 6.61 Å². The zero-order chi connectivity index (χ0) is 17.7. The van der Waals surface area contributed by atoms with Gasteiger partial charge in [-0.3, -0.25) is 9.59 Å². The number of carbonyl (C=O) groups is 2. The highest BCUT2D eigenvalue weighted by Crippen LogP contribution is 2.33. The Morgan fingerprint density at radius 2 is 1.75 bits per heavy atom. The molecular formula is C18H31NO5. The fraction of sp³-hybridized carbons (Fsp3) is 0.889. The number of rotatable bonds is 5. The molecule has 0 aromatic heterocycles. The SMILES string of the molecule is CC(=O)NC1[C@H](OC2CCCCC2)OC(COC(C)=O)[C@@H](C)[C@@H]1C. The zero-order valence-electron chi connectivity index (χ0n) is 15.2. The zero-order valence-corrected chi connectivity index (χ0v) is 15.2. The van der Waals surface area contributed by atoms with Crippen LogP contribution in [0.1, 0.15) is 59.8 Å². The van der Waals surface area contributed by atoms with Gasteiger partial charge in [-0.1, -0.05) is 33.1 Å². The predicted octanol–water partition coefficient (Wildman–Crippen LogP) is 2.40. The Hall–Kier alpha value is -1.14. The molecule has 1 saturated carbocycles. The summed E-state index contributed by atoms with van der Waals surface area (Å²) in [6.07, 6.45) is 5.12. The molecule has 1 aliphatic heterocycles. The molecule has 6 nitrogen and oxygen atoms in total. The van der Waals surface area contributed by atoms with Gasteiger partial charge in [0.2, 0.25) is 5.91 Å². The van der Waals surface area contributed by atoms with Gasteiger partial charge in [-0.05, 0) is 24.7 Å². The van der Waals surface area contributed by atoms with Gasteiger partial charge in [0.05, 0.1) is 18.2 Å². The quantitative estimate of drug-likeness (QED) is 0.777. The first-order valence-electron chi connectivity index (χ1n) is 9.10. The van der Waals surface area contributed by atoms with Crippen molar-refractivity contribution in [2.24, 2.45) is 11.8 Å². The second-order valence-electron chi connectivity index (χ2n) is 7.19. The van der Waals surface area contributed by atoms with E-state index in [0.717, 1.165) is 12.8 Å². The summed E-state index contributed by atoms with van der Waals surface area (Å²) in [6.45, 7) is 7.28. The van der Waals surface area contributed by atoms with Gasteiger partial charge in [-0.2, -0.15) is 0 Å². The Balaban J connectivity index is 2.06. The van der Waals surface area contributed by atoms with Crippen LogP contribution in [0.5, 0.6) is 0 Å². The number of ether oxygens (including phenoxy) is 3. The van der Waals surface area contributed by atoms with Crippen molar-refractivity contribution in [3.05, 3.63) is 0 Å². The smallest absolute Gasteiger partial charge is 0.302 e. The topological polar surface area (TPSA) is 73.9 Å². The molecule has 2 aliphatic rings. The minimum atomic E-state index is -0.497. The predicted molar refractivity (Wildman–Crippen MR) is 89.2 cm³/mol. The van der Waals surface area contributed by atoms with Crippen molar-refractivity contribution in [1.29, 1.82) is 0 Å². The van der Waals surface area contributed by atoms with Crippen LogP contribution >= 0.6 is 0 Å². The first-order chi connectivity index (χ1) is 11.4. The van der Waals surface area contributed by atoms with Crippen LogP contribution in [0.3, 0.4) is 0 Å². The van der Waals surface area contributed by atoms with Crippen LogP contribution in [0.15, 0.2) is 0 Å². The van der Waals surface area contributed by atoms with E-state index >= 15 is 0 Å². The molecule has 5 atom stereocenters. The first kappa shape index (κ1) is 19.2. The van der Waals surface area contributed by atoms with Crippen molar-refractivity contribution >= 4 is 11.9 Å². The summed E-state index contributed by atoms with van der Waals surface area (Å²) in [5.74, 6) is -0.0882.